The second-order valence-corrected chi connectivity index (χ2v) is 3.94. The summed E-state index contributed by atoms with van der Waals surface area (Å²) in [5.41, 5.74) is 1.30. The third kappa shape index (κ3) is 2.13. The van der Waals surface area contributed by atoms with E-state index in [2.05, 4.69) is 12.2 Å². The van der Waals surface area contributed by atoms with E-state index < -0.39 is 0 Å². The molecule has 13 heavy (non-hydrogen) atoms. The first-order chi connectivity index (χ1) is 6.36. The molecule has 1 N–H and O–H groups in total. The molecule has 0 spiro atoms. The van der Waals surface area contributed by atoms with Crippen molar-refractivity contribution in [1.29, 1.82) is 0 Å². The highest BCUT2D eigenvalue weighted by atomic mass is 16.3. The maximum atomic E-state index is 5.44. The van der Waals surface area contributed by atoms with Gasteiger partial charge in [0.05, 0.1) is 6.26 Å². The first-order valence-electron chi connectivity index (χ1n) is 5.10. The van der Waals surface area contributed by atoms with Gasteiger partial charge >= 0.3 is 0 Å². The number of nitrogens with one attached hydrogen (secondary N) is 1. The number of aryl methyl sites for hydroxylation is 1. The zero-order chi connectivity index (χ0) is 9.10. The largest absolute Gasteiger partial charge is 0.469 e. The number of piperidine rings is 1. The summed E-state index contributed by atoms with van der Waals surface area (Å²) in [6.07, 6.45) is 5.55. The fourth-order valence-corrected chi connectivity index (χ4v) is 1.97. The Morgan fingerprint density at radius 1 is 1.62 bits per heavy atom. The maximum absolute atomic E-state index is 5.44. The third-order valence-electron chi connectivity index (χ3n) is 2.84. The van der Waals surface area contributed by atoms with Crippen molar-refractivity contribution in [2.24, 2.45) is 5.92 Å². The van der Waals surface area contributed by atoms with E-state index in [4.69, 9.17) is 4.42 Å². The van der Waals surface area contributed by atoms with Crippen molar-refractivity contribution < 1.29 is 4.42 Å². The van der Waals surface area contributed by atoms with Crippen molar-refractivity contribution in [1.82, 2.24) is 5.32 Å². The van der Waals surface area contributed by atoms with Gasteiger partial charge in [-0.15, -0.1) is 0 Å². The van der Waals surface area contributed by atoms with Gasteiger partial charge in [-0.3, -0.25) is 0 Å². The molecule has 1 aromatic heterocycles. The molecule has 0 aromatic carbocycles. The summed E-state index contributed by atoms with van der Waals surface area (Å²) in [5, 5.41) is 3.43. The van der Waals surface area contributed by atoms with Crippen LogP contribution in [-0.2, 0) is 6.42 Å². The van der Waals surface area contributed by atoms with E-state index in [-0.39, 0.29) is 0 Å². The number of furan rings is 1. The maximum Gasteiger partial charge on any atom is 0.106 e. The molecule has 1 aromatic rings. The van der Waals surface area contributed by atoms with E-state index in [1.807, 2.05) is 6.07 Å². The van der Waals surface area contributed by atoms with E-state index in [0.29, 0.717) is 0 Å². The minimum atomic E-state index is 0.776. The van der Waals surface area contributed by atoms with Crippen LogP contribution in [0.5, 0.6) is 0 Å². The summed E-state index contributed by atoms with van der Waals surface area (Å²) in [4.78, 5) is 0. The summed E-state index contributed by atoms with van der Waals surface area (Å²) < 4.78 is 5.44. The van der Waals surface area contributed by atoms with Crippen LogP contribution < -0.4 is 5.32 Å². The topological polar surface area (TPSA) is 25.2 Å². The zero-order valence-corrected chi connectivity index (χ0v) is 8.18. The van der Waals surface area contributed by atoms with Crippen molar-refractivity contribution in [3.8, 4) is 0 Å². The van der Waals surface area contributed by atoms with Gasteiger partial charge in [0.15, 0.2) is 0 Å². The molecule has 72 valence electrons. The highest BCUT2D eigenvalue weighted by Crippen LogP contribution is 2.19. The minimum absolute atomic E-state index is 0.776. The molecule has 1 atom stereocenters. The van der Waals surface area contributed by atoms with Crippen LogP contribution in [0.3, 0.4) is 0 Å². The third-order valence-corrected chi connectivity index (χ3v) is 2.84. The predicted molar refractivity (Wildman–Crippen MR) is 52.7 cm³/mol. The Morgan fingerprint density at radius 2 is 2.54 bits per heavy atom. The number of hydrogen-bond donors (Lipinski definition) is 1. The minimum Gasteiger partial charge on any atom is -0.469 e. The smallest absolute Gasteiger partial charge is 0.106 e. The lowest BCUT2D eigenvalue weighted by atomic mass is 9.94. The van der Waals surface area contributed by atoms with Crippen LogP contribution in [0.1, 0.15) is 24.2 Å². The van der Waals surface area contributed by atoms with Gasteiger partial charge in [0.2, 0.25) is 0 Å². The first-order valence-corrected chi connectivity index (χ1v) is 5.10. The van der Waals surface area contributed by atoms with Crippen LogP contribution in [0.25, 0.3) is 0 Å². The molecular formula is C11H17NO. The molecule has 1 aliphatic heterocycles. The molecular weight excluding hydrogens is 162 g/mol. The van der Waals surface area contributed by atoms with E-state index >= 15 is 0 Å². The van der Waals surface area contributed by atoms with Crippen LogP contribution in [0.4, 0.5) is 0 Å². The average molecular weight is 179 g/mol. The first kappa shape index (κ1) is 8.82. The highest BCUT2D eigenvalue weighted by molar-refractivity contribution is 5.15. The highest BCUT2D eigenvalue weighted by Gasteiger charge is 2.15. The molecule has 2 heterocycles. The monoisotopic (exact) mass is 179 g/mol. The lowest BCUT2D eigenvalue weighted by molar-refractivity contribution is 0.349. The Labute approximate surface area is 79.3 Å². The van der Waals surface area contributed by atoms with E-state index in [1.54, 1.807) is 6.26 Å². The van der Waals surface area contributed by atoms with Crippen molar-refractivity contribution in [2.75, 3.05) is 13.1 Å². The quantitative estimate of drug-likeness (QED) is 0.752. The van der Waals surface area contributed by atoms with Gasteiger partial charge in [-0.2, -0.15) is 0 Å². The molecule has 2 nitrogen and oxygen atoms in total. The van der Waals surface area contributed by atoms with Gasteiger partial charge in [-0.1, -0.05) is 0 Å². The Kier molecular flexibility index (Phi) is 2.69. The molecule has 0 aliphatic carbocycles. The number of rotatable bonds is 2. The molecule has 0 saturated carbocycles. The second-order valence-electron chi connectivity index (χ2n) is 3.94. The van der Waals surface area contributed by atoms with Gasteiger partial charge in [-0.05, 0) is 50.4 Å². The molecule has 1 unspecified atom stereocenters. The van der Waals surface area contributed by atoms with Crippen molar-refractivity contribution in [3.05, 3.63) is 23.7 Å². The van der Waals surface area contributed by atoms with Crippen molar-refractivity contribution in [3.63, 3.8) is 0 Å². The standard InChI is InChI=1S/C11H17NO/c1-9-4-6-13-11(9)7-10-3-2-5-12-8-10/h4,6,10,12H,2-3,5,7-8H2,1H3. The summed E-state index contributed by atoms with van der Waals surface area (Å²) in [7, 11) is 0. The molecule has 1 saturated heterocycles. The summed E-state index contributed by atoms with van der Waals surface area (Å²) >= 11 is 0. The van der Waals surface area contributed by atoms with Crippen LogP contribution in [0.15, 0.2) is 16.7 Å². The molecule has 1 aliphatic rings. The van der Waals surface area contributed by atoms with E-state index in [0.717, 1.165) is 18.9 Å². The average Bonchev–Trinajstić information content (AvgIpc) is 2.54. The summed E-state index contributed by atoms with van der Waals surface area (Å²) in [6.45, 7) is 4.46. The molecule has 2 heteroatoms. The van der Waals surface area contributed by atoms with Gasteiger partial charge in [0.25, 0.3) is 0 Å². The van der Waals surface area contributed by atoms with Gasteiger partial charge in [0, 0.05) is 6.42 Å². The van der Waals surface area contributed by atoms with Crippen molar-refractivity contribution >= 4 is 0 Å². The fraction of sp³-hybridized carbons (Fsp3) is 0.636. The van der Waals surface area contributed by atoms with Crippen LogP contribution in [0, 0.1) is 12.8 Å². The predicted octanol–water partition coefficient (Wildman–Crippen LogP) is 2.13. The van der Waals surface area contributed by atoms with E-state index in [1.165, 1.54) is 30.7 Å². The van der Waals surface area contributed by atoms with Crippen LogP contribution in [-0.4, -0.2) is 13.1 Å². The lowest BCUT2D eigenvalue weighted by Crippen LogP contribution is -2.30. The van der Waals surface area contributed by atoms with Crippen LogP contribution >= 0.6 is 0 Å². The Hall–Kier alpha value is -0.760. The molecule has 2 rings (SSSR count). The molecule has 0 amide bonds. The zero-order valence-electron chi connectivity index (χ0n) is 8.18. The fourth-order valence-electron chi connectivity index (χ4n) is 1.97. The summed E-state index contributed by atoms with van der Waals surface area (Å²) in [6, 6.07) is 2.05. The second kappa shape index (κ2) is 3.97. The van der Waals surface area contributed by atoms with Gasteiger partial charge in [0.1, 0.15) is 5.76 Å². The summed E-state index contributed by atoms with van der Waals surface area (Å²) in [5.74, 6) is 1.95. The van der Waals surface area contributed by atoms with Gasteiger partial charge in [-0.25, -0.2) is 0 Å². The Bertz CT molecular complexity index is 261. The lowest BCUT2D eigenvalue weighted by Gasteiger charge is -2.21. The molecule has 0 radical (unpaired) electrons. The number of hydrogen-bond acceptors (Lipinski definition) is 2. The molecule has 1 fully saturated rings. The van der Waals surface area contributed by atoms with Crippen LogP contribution in [0.2, 0.25) is 0 Å². The SMILES string of the molecule is Cc1ccoc1CC1CCCNC1. The Morgan fingerprint density at radius 3 is 3.15 bits per heavy atom. The van der Waals surface area contributed by atoms with Crippen molar-refractivity contribution in [2.45, 2.75) is 26.2 Å². The van der Waals surface area contributed by atoms with Gasteiger partial charge < -0.3 is 9.73 Å². The van der Waals surface area contributed by atoms with E-state index in [9.17, 15) is 0 Å². The molecule has 0 bridgehead atoms. The Balaban J connectivity index is 1.93. The normalized spacial score (nSPS) is 23.3.